The highest BCUT2D eigenvalue weighted by molar-refractivity contribution is 5.86. The molecule has 0 atom stereocenters. The maximum Gasteiger partial charge on any atom is 0.270 e. The number of benzene rings is 2. The van der Waals surface area contributed by atoms with Gasteiger partial charge in [0.05, 0.1) is 17.2 Å². The van der Waals surface area contributed by atoms with Crippen molar-refractivity contribution in [3.8, 4) is 0 Å². The lowest BCUT2D eigenvalue weighted by Gasteiger charge is -2.02. The monoisotopic (exact) mass is 360 g/mol. The van der Waals surface area contributed by atoms with Crippen LogP contribution in [0, 0.1) is 0 Å². The zero-order chi connectivity index (χ0) is 19.1. The largest absolute Gasteiger partial charge is 0.319 e. The Morgan fingerprint density at radius 1 is 1.15 bits per heavy atom. The number of aromatic amines is 1. The number of nitrogens with one attached hydrogen (secondary N) is 2. The van der Waals surface area contributed by atoms with Gasteiger partial charge in [-0.05, 0) is 30.2 Å². The van der Waals surface area contributed by atoms with E-state index in [0.29, 0.717) is 16.7 Å². The lowest BCUT2D eigenvalue weighted by Crippen LogP contribution is -2.21. The molecule has 1 heterocycles. The highest BCUT2D eigenvalue weighted by Gasteiger charge is 2.07. The Morgan fingerprint density at radius 3 is 2.70 bits per heavy atom. The first kappa shape index (κ1) is 18.3. The van der Waals surface area contributed by atoms with Crippen LogP contribution in [-0.4, -0.2) is 22.1 Å². The molecule has 1 amide bonds. The average Bonchev–Trinajstić information content (AvgIpc) is 2.67. The first-order valence-corrected chi connectivity index (χ1v) is 8.65. The molecule has 3 rings (SSSR count). The van der Waals surface area contributed by atoms with Crippen molar-refractivity contribution in [3.05, 3.63) is 81.8 Å². The highest BCUT2D eigenvalue weighted by Crippen LogP contribution is 2.07. The van der Waals surface area contributed by atoms with Crippen molar-refractivity contribution in [2.24, 2.45) is 5.10 Å². The number of hydrogen-bond donors (Lipinski definition) is 2. The van der Waals surface area contributed by atoms with Gasteiger partial charge >= 0.3 is 0 Å². The van der Waals surface area contributed by atoms with Gasteiger partial charge in [-0.25, -0.2) is 10.4 Å². The molecule has 0 aliphatic heterocycles. The molecule has 0 aliphatic carbocycles. The molecule has 1 aromatic heterocycles. The van der Waals surface area contributed by atoms with Gasteiger partial charge in [0, 0.05) is 12.8 Å². The molecular formula is C21H20N4O2. The Balaban J connectivity index is 1.55. The molecule has 3 aromatic rings. The van der Waals surface area contributed by atoms with Gasteiger partial charge in [-0.3, -0.25) is 9.59 Å². The topological polar surface area (TPSA) is 87.2 Å². The van der Waals surface area contributed by atoms with Crippen LogP contribution >= 0.6 is 0 Å². The number of allylic oxidation sites excluding steroid dienone is 1. The van der Waals surface area contributed by atoms with Gasteiger partial charge in [0.1, 0.15) is 5.69 Å². The third-order valence-corrected chi connectivity index (χ3v) is 3.91. The number of amides is 1. The molecule has 27 heavy (non-hydrogen) atoms. The lowest BCUT2D eigenvalue weighted by atomic mass is 10.1. The maximum absolute atomic E-state index is 12.0. The van der Waals surface area contributed by atoms with Crippen molar-refractivity contribution in [1.82, 2.24) is 15.4 Å². The Morgan fingerprint density at radius 2 is 1.89 bits per heavy atom. The first-order chi connectivity index (χ1) is 13.1. The number of H-pyrrole nitrogens is 1. The summed E-state index contributed by atoms with van der Waals surface area (Å²) in [6, 6.07) is 17.1. The van der Waals surface area contributed by atoms with Crippen molar-refractivity contribution >= 4 is 29.2 Å². The summed E-state index contributed by atoms with van der Waals surface area (Å²) in [5.74, 6) is -0.270. The molecule has 2 N–H and O–H groups in total. The fourth-order valence-electron chi connectivity index (χ4n) is 2.58. The van der Waals surface area contributed by atoms with Crippen molar-refractivity contribution in [1.29, 1.82) is 0 Å². The van der Waals surface area contributed by atoms with Crippen LogP contribution in [0.4, 0.5) is 0 Å². The standard InChI is InChI=1S/C21H20N4O2/c1-15(13-16-7-3-2-4-8-16)14-22-25-20(26)12-11-19-21(27)24-18-10-6-5-9-17(18)23-19/h2-10,13-14H,11-12H2,1H3,(H,24,27)(H,25,26)/b15-13+,22-14?. The molecule has 6 heteroatoms. The van der Waals surface area contributed by atoms with Crippen LogP contribution < -0.4 is 11.0 Å². The summed E-state index contributed by atoms with van der Waals surface area (Å²) in [6.45, 7) is 1.90. The third-order valence-electron chi connectivity index (χ3n) is 3.91. The summed E-state index contributed by atoms with van der Waals surface area (Å²) >= 11 is 0. The molecule has 0 radical (unpaired) electrons. The van der Waals surface area contributed by atoms with Crippen LogP contribution in [0.25, 0.3) is 17.1 Å². The van der Waals surface area contributed by atoms with Gasteiger partial charge in [-0.15, -0.1) is 0 Å². The summed E-state index contributed by atoms with van der Waals surface area (Å²) in [7, 11) is 0. The third kappa shape index (κ3) is 5.22. The summed E-state index contributed by atoms with van der Waals surface area (Å²) in [5, 5.41) is 3.95. The van der Waals surface area contributed by atoms with Gasteiger partial charge < -0.3 is 4.98 Å². The van der Waals surface area contributed by atoms with Crippen LogP contribution in [0.1, 0.15) is 24.6 Å². The molecule has 0 spiro atoms. The summed E-state index contributed by atoms with van der Waals surface area (Å²) in [6.07, 6.45) is 3.94. The predicted molar refractivity (Wildman–Crippen MR) is 107 cm³/mol. The second kappa shape index (κ2) is 8.71. The molecule has 0 saturated heterocycles. The number of nitrogens with zero attached hydrogens (tertiary/aromatic N) is 2. The van der Waals surface area contributed by atoms with E-state index < -0.39 is 0 Å². The molecule has 0 saturated carbocycles. The number of rotatable bonds is 6. The Labute approximate surface area is 156 Å². The zero-order valence-electron chi connectivity index (χ0n) is 15.0. The number of aromatic nitrogens is 2. The molecule has 0 bridgehead atoms. The van der Waals surface area contributed by atoms with E-state index in [1.54, 1.807) is 12.3 Å². The molecule has 6 nitrogen and oxygen atoms in total. The maximum atomic E-state index is 12.0. The molecular weight excluding hydrogens is 340 g/mol. The zero-order valence-corrected chi connectivity index (χ0v) is 15.0. The van der Waals surface area contributed by atoms with Gasteiger partial charge in [0.15, 0.2) is 0 Å². The lowest BCUT2D eigenvalue weighted by molar-refractivity contribution is -0.121. The van der Waals surface area contributed by atoms with Crippen molar-refractivity contribution < 1.29 is 4.79 Å². The summed E-state index contributed by atoms with van der Waals surface area (Å²) in [4.78, 5) is 31.1. The van der Waals surface area contributed by atoms with Crippen LogP contribution in [0.3, 0.4) is 0 Å². The van der Waals surface area contributed by atoms with Crippen molar-refractivity contribution in [2.45, 2.75) is 19.8 Å². The SMILES string of the molecule is C/C(C=NNC(=O)CCc1nc2ccccc2[nH]c1=O)=C\c1ccccc1. The van der Waals surface area contributed by atoms with E-state index in [9.17, 15) is 9.59 Å². The smallest absolute Gasteiger partial charge is 0.270 e. The molecule has 0 fully saturated rings. The fourth-order valence-corrected chi connectivity index (χ4v) is 2.58. The highest BCUT2D eigenvalue weighted by atomic mass is 16.2. The summed E-state index contributed by atoms with van der Waals surface area (Å²) < 4.78 is 0. The van der Waals surface area contributed by atoms with Gasteiger partial charge in [-0.1, -0.05) is 48.5 Å². The van der Waals surface area contributed by atoms with E-state index in [1.165, 1.54) is 0 Å². The number of fused-ring (bicyclic) bond motifs is 1. The Bertz CT molecular complexity index is 1050. The average molecular weight is 360 g/mol. The number of carbonyl (C=O) groups excluding carboxylic acids is 1. The molecule has 2 aromatic carbocycles. The molecule has 0 unspecified atom stereocenters. The van der Waals surface area contributed by atoms with Crippen LogP contribution in [0.2, 0.25) is 0 Å². The summed E-state index contributed by atoms with van der Waals surface area (Å²) in [5.41, 5.74) is 5.90. The van der Waals surface area contributed by atoms with E-state index >= 15 is 0 Å². The van der Waals surface area contributed by atoms with E-state index in [4.69, 9.17) is 0 Å². The van der Waals surface area contributed by atoms with Gasteiger partial charge in [0.25, 0.3) is 5.56 Å². The van der Waals surface area contributed by atoms with Crippen LogP contribution in [0.5, 0.6) is 0 Å². The van der Waals surface area contributed by atoms with Crippen molar-refractivity contribution in [3.63, 3.8) is 0 Å². The Hall–Kier alpha value is -3.54. The fraction of sp³-hybridized carbons (Fsp3) is 0.143. The van der Waals surface area contributed by atoms with E-state index in [2.05, 4.69) is 20.5 Å². The second-order valence-corrected chi connectivity index (χ2v) is 6.12. The minimum atomic E-state index is -0.272. The number of para-hydroxylation sites is 2. The van der Waals surface area contributed by atoms with Crippen LogP contribution in [0.15, 0.2) is 70.1 Å². The van der Waals surface area contributed by atoms with Gasteiger partial charge in [-0.2, -0.15) is 5.10 Å². The predicted octanol–water partition coefficient (Wildman–Crippen LogP) is 3.06. The minimum Gasteiger partial charge on any atom is -0.319 e. The number of hydrogen-bond acceptors (Lipinski definition) is 4. The van der Waals surface area contributed by atoms with Crippen molar-refractivity contribution in [2.75, 3.05) is 0 Å². The van der Waals surface area contributed by atoms with Gasteiger partial charge in [0.2, 0.25) is 5.91 Å². The molecule has 136 valence electrons. The molecule has 0 aliphatic rings. The van der Waals surface area contributed by atoms with Crippen LogP contribution in [-0.2, 0) is 11.2 Å². The Kier molecular flexibility index (Phi) is 5.89. The quantitative estimate of drug-likeness (QED) is 0.523. The van der Waals surface area contributed by atoms with E-state index in [-0.39, 0.29) is 24.3 Å². The minimum absolute atomic E-state index is 0.132. The first-order valence-electron chi connectivity index (χ1n) is 8.65. The number of carbonyl (C=O) groups is 1. The van der Waals surface area contributed by atoms with E-state index in [0.717, 1.165) is 11.1 Å². The normalized spacial score (nSPS) is 11.8. The second-order valence-electron chi connectivity index (χ2n) is 6.12. The van der Waals surface area contributed by atoms with E-state index in [1.807, 2.05) is 61.5 Å². The number of hydrazone groups is 1. The number of aryl methyl sites for hydroxylation is 1.